The zero-order chi connectivity index (χ0) is 22.3. The molecule has 2 aliphatic heterocycles. The Hall–Kier alpha value is -2.49. The van der Waals surface area contributed by atoms with Gasteiger partial charge < -0.3 is 20.6 Å². The molecule has 0 amide bonds. The Kier molecular flexibility index (Phi) is 5.65. The van der Waals surface area contributed by atoms with Crippen molar-refractivity contribution in [3.8, 4) is 0 Å². The van der Waals surface area contributed by atoms with Gasteiger partial charge in [0.15, 0.2) is 0 Å². The summed E-state index contributed by atoms with van der Waals surface area (Å²) in [6.07, 6.45) is -2.57. The molecule has 0 saturated carbocycles. The molecule has 2 aromatic carbocycles. The summed E-state index contributed by atoms with van der Waals surface area (Å²) in [4.78, 5) is 15.0. The molecule has 168 valence electrons. The van der Waals surface area contributed by atoms with E-state index in [0.29, 0.717) is 48.8 Å². The fourth-order valence-corrected chi connectivity index (χ4v) is 5.36. The van der Waals surface area contributed by atoms with E-state index in [4.69, 9.17) is 15.7 Å². The number of fused-ring (bicyclic) bond motifs is 2. The second-order valence-electron chi connectivity index (χ2n) is 8.52. The van der Waals surface area contributed by atoms with E-state index < -0.39 is 6.43 Å². The lowest BCUT2D eigenvalue weighted by Crippen LogP contribution is -2.62. The van der Waals surface area contributed by atoms with Gasteiger partial charge in [-0.15, -0.1) is 11.8 Å². The van der Waals surface area contributed by atoms with E-state index in [9.17, 15) is 13.9 Å². The highest BCUT2D eigenvalue weighted by atomic mass is 32.2. The third-order valence-electron chi connectivity index (χ3n) is 6.30. The third-order valence-corrected chi connectivity index (χ3v) is 7.39. The van der Waals surface area contributed by atoms with Crippen molar-refractivity contribution in [3.05, 3.63) is 53.6 Å². The summed E-state index contributed by atoms with van der Waals surface area (Å²) in [6.45, 7) is 2.87. The molecule has 2 aliphatic rings. The number of alkyl halides is 2. The molecule has 9 heteroatoms. The van der Waals surface area contributed by atoms with Gasteiger partial charge in [-0.2, -0.15) is 4.98 Å². The largest absolute Gasteiger partial charge is 0.396 e. The van der Waals surface area contributed by atoms with Crippen molar-refractivity contribution in [2.75, 3.05) is 48.3 Å². The van der Waals surface area contributed by atoms with Crippen LogP contribution in [0.2, 0.25) is 0 Å². The van der Waals surface area contributed by atoms with Crippen LogP contribution < -0.4 is 15.5 Å². The topological polar surface area (TPSA) is 78.5 Å². The van der Waals surface area contributed by atoms with E-state index >= 15 is 0 Å². The zero-order valence-electron chi connectivity index (χ0n) is 17.5. The van der Waals surface area contributed by atoms with Gasteiger partial charge >= 0.3 is 0 Å². The summed E-state index contributed by atoms with van der Waals surface area (Å²) in [5, 5.41) is 10.4. The van der Waals surface area contributed by atoms with Gasteiger partial charge in [-0.05, 0) is 23.8 Å². The Morgan fingerprint density at radius 3 is 2.69 bits per heavy atom. The Labute approximate surface area is 189 Å². The molecule has 1 aromatic heterocycles. The summed E-state index contributed by atoms with van der Waals surface area (Å²) in [5.41, 5.74) is 7.30. The number of halogens is 2. The second-order valence-corrected chi connectivity index (χ2v) is 9.66. The van der Waals surface area contributed by atoms with E-state index in [1.165, 1.54) is 22.6 Å². The maximum absolute atomic E-state index is 13.4. The van der Waals surface area contributed by atoms with Crippen LogP contribution in [0.1, 0.15) is 17.6 Å². The van der Waals surface area contributed by atoms with Crippen molar-refractivity contribution in [3.63, 3.8) is 0 Å². The number of hydrogen-bond donors (Lipinski definition) is 2. The van der Waals surface area contributed by atoms with E-state index in [2.05, 4.69) is 17.0 Å². The normalized spacial score (nSPS) is 17.9. The smallest absolute Gasteiger partial charge is 0.263 e. The fourth-order valence-electron chi connectivity index (χ4n) is 4.34. The van der Waals surface area contributed by atoms with Crippen LogP contribution in [0.3, 0.4) is 0 Å². The van der Waals surface area contributed by atoms with E-state index in [1.54, 1.807) is 6.07 Å². The first-order chi connectivity index (χ1) is 15.5. The summed E-state index contributed by atoms with van der Waals surface area (Å²) in [6, 6.07) is 12.9. The molecule has 5 rings (SSSR count). The first-order valence-corrected chi connectivity index (χ1v) is 11.6. The minimum atomic E-state index is -2.57. The van der Waals surface area contributed by atoms with Crippen molar-refractivity contribution in [2.24, 2.45) is 11.1 Å². The predicted molar refractivity (Wildman–Crippen MR) is 123 cm³/mol. The molecule has 0 radical (unpaired) electrons. The monoisotopic (exact) mass is 457 g/mol. The molecule has 32 heavy (non-hydrogen) atoms. The minimum absolute atomic E-state index is 0.0156. The van der Waals surface area contributed by atoms with Crippen LogP contribution in [0.4, 0.5) is 20.5 Å². The molecule has 0 unspecified atom stereocenters. The lowest BCUT2D eigenvalue weighted by Gasteiger charge is -2.49. The van der Waals surface area contributed by atoms with Crippen molar-refractivity contribution in [2.45, 2.75) is 17.9 Å². The average molecular weight is 458 g/mol. The van der Waals surface area contributed by atoms with Crippen molar-refractivity contribution < 1.29 is 13.9 Å². The molecular weight excluding hydrogens is 432 g/mol. The molecule has 3 heterocycles. The van der Waals surface area contributed by atoms with Crippen molar-refractivity contribution >= 4 is 34.4 Å². The summed E-state index contributed by atoms with van der Waals surface area (Å²) in [5.74, 6) is 2.11. The van der Waals surface area contributed by atoms with E-state index in [-0.39, 0.29) is 17.6 Å². The van der Waals surface area contributed by atoms with Crippen molar-refractivity contribution in [1.82, 2.24) is 9.97 Å². The SMILES string of the molecule is NCC1(CO)CN(c2nc(N3CCSc4ccccc4C3)nc3ccc(C(F)F)cc23)C1. The Balaban J connectivity index is 1.56. The minimum Gasteiger partial charge on any atom is -0.396 e. The van der Waals surface area contributed by atoms with Gasteiger partial charge in [-0.25, -0.2) is 13.8 Å². The number of nitrogens with two attached hydrogens (primary N) is 1. The zero-order valence-corrected chi connectivity index (χ0v) is 18.4. The fraction of sp³-hybridized carbons (Fsp3) is 0.391. The molecule has 3 N–H and O–H groups in total. The van der Waals surface area contributed by atoms with Gasteiger partial charge in [-0.1, -0.05) is 24.3 Å². The van der Waals surface area contributed by atoms with Crippen LogP contribution in [0.15, 0.2) is 47.4 Å². The summed E-state index contributed by atoms with van der Waals surface area (Å²) < 4.78 is 26.8. The highest BCUT2D eigenvalue weighted by molar-refractivity contribution is 7.99. The number of hydrogen-bond acceptors (Lipinski definition) is 7. The van der Waals surface area contributed by atoms with Gasteiger partial charge in [-0.3, -0.25) is 0 Å². The van der Waals surface area contributed by atoms with Gasteiger partial charge in [0.05, 0.1) is 12.1 Å². The first kappa shape index (κ1) is 21.4. The van der Waals surface area contributed by atoms with Crippen LogP contribution in [0.5, 0.6) is 0 Å². The predicted octanol–water partition coefficient (Wildman–Crippen LogP) is 3.44. The lowest BCUT2D eigenvalue weighted by atomic mass is 9.80. The number of aliphatic hydroxyl groups excluding tert-OH is 1. The standard InChI is InChI=1S/C23H25F2N5OS/c24-20(25)15-5-6-18-17(9-15)21(30-12-23(11-26,13-30)14-31)28-22(27-18)29-7-8-32-19-4-2-1-3-16(19)10-29/h1-6,9,20,31H,7-8,10-14,26H2. The maximum Gasteiger partial charge on any atom is 0.263 e. The van der Waals surface area contributed by atoms with Crippen LogP contribution in [-0.4, -0.2) is 53.6 Å². The number of rotatable bonds is 5. The third kappa shape index (κ3) is 3.78. The summed E-state index contributed by atoms with van der Waals surface area (Å²) >= 11 is 1.82. The van der Waals surface area contributed by atoms with Crippen LogP contribution in [0.25, 0.3) is 10.9 Å². The number of thioether (sulfide) groups is 1. The van der Waals surface area contributed by atoms with E-state index in [0.717, 1.165) is 12.3 Å². The molecule has 6 nitrogen and oxygen atoms in total. The highest BCUT2D eigenvalue weighted by Crippen LogP contribution is 2.38. The van der Waals surface area contributed by atoms with Gasteiger partial charge in [0, 0.05) is 59.7 Å². The van der Waals surface area contributed by atoms with Crippen LogP contribution in [-0.2, 0) is 6.54 Å². The average Bonchev–Trinajstić information content (AvgIpc) is 3.01. The van der Waals surface area contributed by atoms with Crippen molar-refractivity contribution in [1.29, 1.82) is 0 Å². The quantitative estimate of drug-likeness (QED) is 0.608. The molecule has 0 spiro atoms. The number of benzene rings is 2. The number of anilines is 2. The Morgan fingerprint density at radius 1 is 1.12 bits per heavy atom. The van der Waals surface area contributed by atoms with Crippen LogP contribution in [0, 0.1) is 5.41 Å². The molecule has 1 fully saturated rings. The van der Waals surface area contributed by atoms with Crippen LogP contribution >= 0.6 is 11.8 Å². The Morgan fingerprint density at radius 2 is 1.94 bits per heavy atom. The molecule has 0 atom stereocenters. The molecule has 3 aromatic rings. The first-order valence-electron chi connectivity index (χ1n) is 10.6. The number of aliphatic hydroxyl groups is 1. The van der Waals surface area contributed by atoms with Gasteiger partial charge in [0.2, 0.25) is 5.95 Å². The number of nitrogens with zero attached hydrogens (tertiary/aromatic N) is 4. The highest BCUT2D eigenvalue weighted by Gasteiger charge is 2.43. The molecule has 1 saturated heterocycles. The lowest BCUT2D eigenvalue weighted by molar-refractivity contribution is 0.100. The molecule has 0 aliphatic carbocycles. The second kappa shape index (κ2) is 8.46. The molecule has 0 bridgehead atoms. The van der Waals surface area contributed by atoms with Gasteiger partial charge in [0.25, 0.3) is 6.43 Å². The van der Waals surface area contributed by atoms with E-state index in [1.807, 2.05) is 28.8 Å². The maximum atomic E-state index is 13.4. The number of aromatic nitrogens is 2. The summed E-state index contributed by atoms with van der Waals surface area (Å²) in [7, 11) is 0. The van der Waals surface area contributed by atoms with Gasteiger partial charge in [0.1, 0.15) is 5.82 Å². The Bertz CT molecular complexity index is 1130. The molecular formula is C23H25F2N5OS.